The third-order valence-corrected chi connectivity index (χ3v) is 6.57. The van der Waals surface area contributed by atoms with Gasteiger partial charge in [-0.05, 0) is 55.5 Å². The Labute approximate surface area is 199 Å². The predicted molar refractivity (Wildman–Crippen MR) is 127 cm³/mol. The van der Waals surface area contributed by atoms with Gasteiger partial charge < -0.3 is 4.42 Å². The van der Waals surface area contributed by atoms with Crippen molar-refractivity contribution < 1.29 is 4.42 Å². The van der Waals surface area contributed by atoms with Crippen LogP contribution in [-0.4, -0.2) is 39.8 Å². The number of tetrazole rings is 1. The number of rotatable bonds is 6. The van der Waals surface area contributed by atoms with E-state index in [9.17, 15) is 4.79 Å². The Hall–Kier alpha value is -3.99. The molecule has 11 heteroatoms. The molecule has 172 valence electrons. The van der Waals surface area contributed by atoms with Gasteiger partial charge in [-0.2, -0.15) is 4.68 Å². The molecule has 3 aromatic heterocycles. The Kier molecular flexibility index (Phi) is 5.62. The van der Waals surface area contributed by atoms with Gasteiger partial charge in [0.2, 0.25) is 16.9 Å². The van der Waals surface area contributed by atoms with Gasteiger partial charge in [0.05, 0.1) is 16.6 Å². The minimum Gasteiger partial charge on any atom is -0.419 e. The summed E-state index contributed by atoms with van der Waals surface area (Å²) >= 11 is 1.34. The number of nitrogens with zero attached hydrogens (tertiary/aromatic N) is 8. The van der Waals surface area contributed by atoms with E-state index in [2.05, 4.69) is 25.7 Å². The smallest absolute Gasteiger partial charge is 0.297 e. The summed E-state index contributed by atoms with van der Waals surface area (Å²) in [6, 6.07) is 17.3. The molecule has 0 spiro atoms. The number of aromatic nitrogens is 8. The van der Waals surface area contributed by atoms with Crippen molar-refractivity contribution in [2.75, 3.05) is 0 Å². The lowest BCUT2D eigenvalue weighted by molar-refractivity contribution is 0.508. The van der Waals surface area contributed by atoms with Crippen molar-refractivity contribution in [1.29, 1.82) is 0 Å². The van der Waals surface area contributed by atoms with Crippen LogP contribution in [0.25, 0.3) is 22.8 Å². The first-order chi connectivity index (χ1) is 16.4. The average Bonchev–Trinajstić information content (AvgIpc) is 3.55. The normalized spacial score (nSPS) is 12.2. The highest BCUT2D eigenvalue weighted by molar-refractivity contribution is 7.99. The second-order valence-corrected chi connectivity index (χ2v) is 9.16. The molecule has 0 fully saturated rings. The molecule has 5 rings (SSSR count). The fraction of sp³-hybridized carbons (Fsp3) is 0.217. The minimum absolute atomic E-state index is 0.215. The second kappa shape index (κ2) is 8.75. The van der Waals surface area contributed by atoms with Gasteiger partial charge in [0.15, 0.2) is 5.69 Å². The summed E-state index contributed by atoms with van der Waals surface area (Å²) in [5.41, 5.74) is 3.67. The summed E-state index contributed by atoms with van der Waals surface area (Å²) in [5.74, 6) is 0.897. The number of para-hydroxylation sites is 1. The first-order valence-electron chi connectivity index (χ1n) is 10.6. The van der Waals surface area contributed by atoms with E-state index in [0.29, 0.717) is 22.6 Å². The lowest BCUT2D eigenvalue weighted by Crippen LogP contribution is -2.22. The summed E-state index contributed by atoms with van der Waals surface area (Å²) in [4.78, 5) is 13.4. The molecule has 0 aliphatic heterocycles. The molecule has 0 aliphatic carbocycles. The Balaban J connectivity index is 1.45. The Morgan fingerprint density at radius 1 is 0.971 bits per heavy atom. The summed E-state index contributed by atoms with van der Waals surface area (Å²) in [5, 5.41) is 20.7. The quantitative estimate of drug-likeness (QED) is 0.343. The van der Waals surface area contributed by atoms with Crippen LogP contribution in [0.2, 0.25) is 0 Å². The zero-order valence-corrected chi connectivity index (χ0v) is 19.9. The molecular weight excluding hydrogens is 452 g/mol. The molecule has 34 heavy (non-hydrogen) atoms. The molecular formula is C23H22N8O2S. The van der Waals surface area contributed by atoms with Gasteiger partial charge in [0.1, 0.15) is 0 Å². The van der Waals surface area contributed by atoms with Crippen LogP contribution in [0.4, 0.5) is 0 Å². The van der Waals surface area contributed by atoms with Crippen LogP contribution in [0.15, 0.2) is 69.0 Å². The molecule has 0 aliphatic rings. The lowest BCUT2D eigenvalue weighted by atomic mass is 10.1. The highest BCUT2D eigenvalue weighted by Crippen LogP contribution is 2.34. The van der Waals surface area contributed by atoms with Crippen LogP contribution in [0.1, 0.15) is 29.3 Å². The van der Waals surface area contributed by atoms with Gasteiger partial charge in [-0.25, -0.2) is 4.68 Å². The van der Waals surface area contributed by atoms with E-state index in [1.165, 1.54) is 16.4 Å². The van der Waals surface area contributed by atoms with E-state index in [-0.39, 0.29) is 10.8 Å². The van der Waals surface area contributed by atoms with E-state index < -0.39 is 0 Å². The van der Waals surface area contributed by atoms with Gasteiger partial charge in [0, 0.05) is 12.6 Å². The van der Waals surface area contributed by atoms with Crippen molar-refractivity contribution >= 4 is 11.8 Å². The van der Waals surface area contributed by atoms with Crippen molar-refractivity contribution in [3.63, 3.8) is 0 Å². The number of benzene rings is 2. The number of thioether (sulfide) groups is 1. The first-order valence-corrected chi connectivity index (χ1v) is 11.5. The highest BCUT2D eigenvalue weighted by atomic mass is 32.2. The zero-order chi connectivity index (χ0) is 23.8. The van der Waals surface area contributed by atoms with Crippen LogP contribution in [0.5, 0.6) is 0 Å². The summed E-state index contributed by atoms with van der Waals surface area (Å²) in [6.45, 7) is 5.81. The van der Waals surface area contributed by atoms with Crippen LogP contribution < -0.4 is 5.56 Å². The molecule has 0 saturated heterocycles. The molecule has 3 heterocycles. The van der Waals surface area contributed by atoms with E-state index in [4.69, 9.17) is 4.42 Å². The molecule has 0 bridgehead atoms. The molecule has 1 atom stereocenters. The first kappa shape index (κ1) is 21.8. The molecule has 0 saturated carbocycles. The van der Waals surface area contributed by atoms with Crippen molar-refractivity contribution in [3.8, 4) is 22.8 Å². The van der Waals surface area contributed by atoms with E-state index in [1.54, 1.807) is 9.36 Å². The molecule has 1 unspecified atom stereocenters. The standard InChI is InChI=1S/C23H22N8O2S/c1-14-10-12-17(13-11-14)21-25-24-20(33-21)16(3)34-23-26-27-28-30(23)19-15(2)29(4)31(22(19)32)18-8-6-5-7-9-18/h5-13,16H,1-4H3. The zero-order valence-electron chi connectivity index (χ0n) is 19.1. The van der Waals surface area contributed by atoms with Crippen molar-refractivity contribution in [2.45, 2.75) is 31.2 Å². The fourth-order valence-electron chi connectivity index (χ4n) is 3.61. The maximum atomic E-state index is 13.4. The summed E-state index contributed by atoms with van der Waals surface area (Å²) in [6.07, 6.45) is 0. The van der Waals surface area contributed by atoms with E-state index >= 15 is 0 Å². The monoisotopic (exact) mass is 474 g/mol. The number of hydrogen-bond acceptors (Lipinski definition) is 8. The van der Waals surface area contributed by atoms with Gasteiger partial charge in [-0.15, -0.1) is 15.3 Å². The third kappa shape index (κ3) is 3.83. The van der Waals surface area contributed by atoms with Crippen molar-refractivity contribution in [3.05, 3.63) is 82.1 Å². The fourth-order valence-corrected chi connectivity index (χ4v) is 4.43. The van der Waals surface area contributed by atoms with E-state index in [1.807, 2.05) is 82.4 Å². The van der Waals surface area contributed by atoms with Crippen LogP contribution in [-0.2, 0) is 7.05 Å². The molecule has 0 amide bonds. The molecule has 0 N–H and O–H groups in total. The topological polar surface area (TPSA) is 109 Å². The van der Waals surface area contributed by atoms with Crippen LogP contribution in [0.3, 0.4) is 0 Å². The molecule has 2 aromatic carbocycles. The van der Waals surface area contributed by atoms with Gasteiger partial charge in [-0.3, -0.25) is 9.48 Å². The Morgan fingerprint density at radius 2 is 1.71 bits per heavy atom. The van der Waals surface area contributed by atoms with Crippen molar-refractivity contribution in [2.24, 2.45) is 7.05 Å². The molecule has 5 aromatic rings. The lowest BCUT2D eigenvalue weighted by Gasteiger charge is -2.07. The average molecular weight is 475 g/mol. The van der Waals surface area contributed by atoms with Gasteiger partial charge >= 0.3 is 0 Å². The third-order valence-electron chi connectivity index (χ3n) is 5.55. The second-order valence-electron chi connectivity index (χ2n) is 7.85. The number of hydrogen-bond donors (Lipinski definition) is 0. The molecule has 0 radical (unpaired) electrons. The number of aryl methyl sites for hydroxylation is 1. The Morgan fingerprint density at radius 3 is 2.44 bits per heavy atom. The maximum absolute atomic E-state index is 13.4. The van der Waals surface area contributed by atoms with Crippen molar-refractivity contribution in [1.82, 2.24) is 39.8 Å². The summed E-state index contributed by atoms with van der Waals surface area (Å²) in [7, 11) is 1.83. The van der Waals surface area contributed by atoms with E-state index in [0.717, 1.165) is 22.5 Å². The summed E-state index contributed by atoms with van der Waals surface area (Å²) < 4.78 is 10.8. The van der Waals surface area contributed by atoms with Gasteiger partial charge in [-0.1, -0.05) is 47.7 Å². The SMILES string of the molecule is Cc1ccc(-c2nnc(C(C)Sc3nnnn3-c3c(C)n(C)n(-c4ccccc4)c3=O)o2)cc1. The Bertz CT molecular complexity index is 1500. The van der Waals surface area contributed by atoms with Crippen LogP contribution in [0, 0.1) is 13.8 Å². The predicted octanol–water partition coefficient (Wildman–Crippen LogP) is 3.67. The largest absolute Gasteiger partial charge is 0.419 e. The highest BCUT2D eigenvalue weighted by Gasteiger charge is 2.25. The van der Waals surface area contributed by atoms with Crippen LogP contribution >= 0.6 is 11.8 Å². The minimum atomic E-state index is -0.239. The maximum Gasteiger partial charge on any atom is 0.297 e. The molecule has 10 nitrogen and oxygen atoms in total. The van der Waals surface area contributed by atoms with Gasteiger partial charge in [0.25, 0.3) is 5.56 Å².